The molecule has 1 heterocycles. The summed E-state index contributed by atoms with van der Waals surface area (Å²) in [7, 11) is -3.73. The molecule has 1 atom stereocenters. The monoisotopic (exact) mass is 394 g/mol. The van der Waals surface area contributed by atoms with Crippen molar-refractivity contribution >= 4 is 39.1 Å². The Morgan fingerprint density at radius 1 is 1.08 bits per heavy atom. The largest absolute Gasteiger partial charge is 0.332 e. The van der Waals surface area contributed by atoms with Crippen molar-refractivity contribution in [1.82, 2.24) is 0 Å². The molecule has 136 valence electrons. The molecular formula is C17H17ClN3O4S+. The smallest absolute Gasteiger partial charge is 0.292 e. The molecular weight excluding hydrogens is 378 g/mol. The second-order valence-corrected chi connectivity index (χ2v) is 7.98. The number of nitrogens with two attached hydrogens (primary N) is 2. The zero-order chi connectivity index (χ0) is 18.9. The van der Waals surface area contributed by atoms with Crippen LogP contribution in [0.4, 0.5) is 5.69 Å². The topological polar surface area (TPSA) is 114 Å². The van der Waals surface area contributed by atoms with Crippen LogP contribution in [0.15, 0.2) is 53.4 Å². The Balaban J connectivity index is 1.67. The van der Waals surface area contributed by atoms with Crippen LogP contribution < -0.4 is 15.4 Å². The van der Waals surface area contributed by atoms with Crippen LogP contribution in [0.2, 0.25) is 5.02 Å². The molecule has 2 aromatic carbocycles. The first-order valence-electron chi connectivity index (χ1n) is 7.83. The number of primary sulfonamides is 1. The van der Waals surface area contributed by atoms with Crippen LogP contribution in [-0.2, 0) is 26.2 Å². The zero-order valence-electron chi connectivity index (χ0n) is 13.6. The Hall–Kier alpha value is -2.26. The third kappa shape index (κ3) is 3.94. The van der Waals surface area contributed by atoms with Gasteiger partial charge in [0.2, 0.25) is 15.9 Å². The summed E-state index contributed by atoms with van der Waals surface area (Å²) in [5.74, 6) is -0.540. The Morgan fingerprint density at radius 2 is 1.69 bits per heavy atom. The van der Waals surface area contributed by atoms with Crippen molar-refractivity contribution in [2.45, 2.75) is 23.9 Å². The summed E-state index contributed by atoms with van der Waals surface area (Å²) in [5.41, 5.74) is 1.32. The summed E-state index contributed by atoms with van der Waals surface area (Å²) in [6.45, 7) is 0.434. The fraction of sp³-hybridized carbons (Fsp3) is 0.176. The van der Waals surface area contributed by atoms with Crippen molar-refractivity contribution in [2.24, 2.45) is 5.14 Å². The average molecular weight is 395 g/mol. The number of imide groups is 1. The zero-order valence-corrected chi connectivity index (χ0v) is 15.2. The lowest BCUT2D eigenvalue weighted by Crippen LogP contribution is -2.90. The predicted molar refractivity (Wildman–Crippen MR) is 95.8 cm³/mol. The maximum atomic E-state index is 12.6. The highest BCUT2D eigenvalue weighted by Gasteiger charge is 2.42. The first kappa shape index (κ1) is 18.5. The summed E-state index contributed by atoms with van der Waals surface area (Å²) in [5, 5.41) is 7.35. The number of hydrogen-bond donors (Lipinski definition) is 2. The molecule has 9 heteroatoms. The first-order chi connectivity index (χ1) is 12.3. The number of amides is 2. The van der Waals surface area contributed by atoms with E-state index in [0.29, 0.717) is 17.3 Å². The standard InChI is InChI=1S/C17H16ClN3O4S/c18-12-3-5-13(6-4-12)21-16(22)9-15(17(21)23)20-10-11-1-7-14(8-2-11)26(19,24)25/h1-8,15,20H,9-10H2,(H2,19,24,25)/p+1. The highest BCUT2D eigenvalue weighted by molar-refractivity contribution is 7.89. The molecule has 3 rings (SSSR count). The van der Waals surface area contributed by atoms with Crippen molar-refractivity contribution < 1.29 is 23.3 Å². The van der Waals surface area contributed by atoms with E-state index in [1.54, 1.807) is 41.7 Å². The highest BCUT2D eigenvalue weighted by atomic mass is 35.5. The van der Waals surface area contributed by atoms with Gasteiger partial charge in [0.05, 0.1) is 17.0 Å². The summed E-state index contributed by atoms with van der Waals surface area (Å²) in [4.78, 5) is 26.0. The lowest BCUT2D eigenvalue weighted by Gasteiger charge is -2.14. The van der Waals surface area contributed by atoms with Gasteiger partial charge in [-0.3, -0.25) is 9.59 Å². The predicted octanol–water partition coefficient (Wildman–Crippen LogP) is 0.383. The minimum Gasteiger partial charge on any atom is -0.332 e. The van der Waals surface area contributed by atoms with Crippen molar-refractivity contribution in [1.29, 1.82) is 0 Å². The molecule has 1 aliphatic rings. The first-order valence-corrected chi connectivity index (χ1v) is 9.75. The molecule has 0 aromatic heterocycles. The summed E-state index contributed by atoms with van der Waals surface area (Å²) in [6.07, 6.45) is 0.108. The van der Waals surface area contributed by atoms with Gasteiger partial charge in [0.1, 0.15) is 6.54 Å². The third-order valence-corrected chi connectivity index (χ3v) is 5.34. The van der Waals surface area contributed by atoms with Crippen molar-refractivity contribution in [2.75, 3.05) is 4.90 Å². The van der Waals surface area contributed by atoms with Gasteiger partial charge in [-0.05, 0) is 36.4 Å². The number of rotatable bonds is 5. The van der Waals surface area contributed by atoms with E-state index in [4.69, 9.17) is 16.7 Å². The Kier molecular flexibility index (Phi) is 5.10. The Bertz CT molecular complexity index is 943. The van der Waals surface area contributed by atoms with E-state index in [-0.39, 0.29) is 23.1 Å². The number of quaternary nitrogens is 1. The lowest BCUT2D eigenvalue weighted by molar-refractivity contribution is -0.690. The van der Waals surface area contributed by atoms with Gasteiger partial charge in [0.15, 0.2) is 6.04 Å². The van der Waals surface area contributed by atoms with E-state index in [1.807, 2.05) is 0 Å². The maximum absolute atomic E-state index is 12.6. The molecule has 2 aromatic rings. The van der Waals surface area contributed by atoms with Gasteiger partial charge < -0.3 is 5.32 Å². The van der Waals surface area contributed by atoms with Crippen LogP contribution in [0.3, 0.4) is 0 Å². The molecule has 1 aliphatic heterocycles. The quantitative estimate of drug-likeness (QED) is 0.713. The molecule has 0 saturated carbocycles. The van der Waals surface area contributed by atoms with E-state index in [1.165, 1.54) is 17.0 Å². The van der Waals surface area contributed by atoms with Crippen molar-refractivity contribution in [3.05, 3.63) is 59.1 Å². The number of carbonyl (C=O) groups excluding carboxylic acids is 2. The minimum absolute atomic E-state index is 0.0299. The normalized spacial score (nSPS) is 17.8. The fourth-order valence-corrected chi connectivity index (χ4v) is 3.44. The highest BCUT2D eigenvalue weighted by Crippen LogP contribution is 2.23. The van der Waals surface area contributed by atoms with E-state index in [9.17, 15) is 18.0 Å². The van der Waals surface area contributed by atoms with Crippen LogP contribution in [-0.4, -0.2) is 26.3 Å². The van der Waals surface area contributed by atoms with Crippen molar-refractivity contribution in [3.63, 3.8) is 0 Å². The second kappa shape index (κ2) is 7.16. The van der Waals surface area contributed by atoms with Gasteiger partial charge in [-0.2, -0.15) is 0 Å². The molecule has 0 radical (unpaired) electrons. The minimum atomic E-state index is -3.73. The van der Waals surface area contributed by atoms with E-state index in [0.717, 1.165) is 5.56 Å². The molecule has 26 heavy (non-hydrogen) atoms. The Morgan fingerprint density at radius 3 is 2.27 bits per heavy atom. The van der Waals surface area contributed by atoms with Gasteiger partial charge in [-0.25, -0.2) is 18.5 Å². The van der Waals surface area contributed by atoms with E-state index < -0.39 is 16.1 Å². The van der Waals surface area contributed by atoms with E-state index >= 15 is 0 Å². The Labute approximate surface area is 155 Å². The number of anilines is 1. The van der Waals surface area contributed by atoms with E-state index in [2.05, 4.69) is 0 Å². The van der Waals surface area contributed by atoms with Gasteiger partial charge in [-0.1, -0.05) is 23.7 Å². The van der Waals surface area contributed by atoms with Crippen LogP contribution in [0.25, 0.3) is 0 Å². The van der Waals surface area contributed by atoms with Crippen LogP contribution in [0.5, 0.6) is 0 Å². The number of carbonyl (C=O) groups is 2. The van der Waals surface area contributed by atoms with Crippen molar-refractivity contribution in [3.8, 4) is 0 Å². The molecule has 2 amide bonds. The molecule has 4 N–H and O–H groups in total. The molecule has 1 saturated heterocycles. The summed E-state index contributed by atoms with van der Waals surface area (Å²) in [6, 6.07) is 12.1. The fourth-order valence-electron chi connectivity index (χ4n) is 2.79. The van der Waals surface area contributed by atoms with Gasteiger partial charge >= 0.3 is 0 Å². The molecule has 1 fully saturated rings. The van der Waals surface area contributed by atoms with Crippen LogP contribution in [0, 0.1) is 0 Å². The van der Waals surface area contributed by atoms with Gasteiger partial charge in [-0.15, -0.1) is 0 Å². The number of hydrogen-bond acceptors (Lipinski definition) is 4. The third-order valence-electron chi connectivity index (χ3n) is 4.16. The number of sulfonamides is 1. The second-order valence-electron chi connectivity index (χ2n) is 5.98. The SMILES string of the molecule is NS(=O)(=O)c1ccc(C[NH2+]C2CC(=O)N(c3ccc(Cl)cc3)C2=O)cc1. The van der Waals surface area contributed by atoms with Crippen LogP contribution in [0.1, 0.15) is 12.0 Å². The maximum Gasteiger partial charge on any atom is 0.292 e. The molecule has 0 spiro atoms. The average Bonchev–Trinajstić information content (AvgIpc) is 2.87. The lowest BCUT2D eigenvalue weighted by atomic mass is 10.2. The summed E-state index contributed by atoms with van der Waals surface area (Å²) < 4.78 is 22.5. The van der Waals surface area contributed by atoms with Gasteiger partial charge in [0.25, 0.3) is 5.91 Å². The molecule has 1 unspecified atom stereocenters. The van der Waals surface area contributed by atoms with Gasteiger partial charge in [0, 0.05) is 10.6 Å². The number of nitrogens with zero attached hydrogens (tertiary/aromatic N) is 1. The number of benzene rings is 2. The molecule has 0 bridgehead atoms. The van der Waals surface area contributed by atoms with Crippen LogP contribution >= 0.6 is 11.6 Å². The molecule has 0 aliphatic carbocycles. The molecule has 7 nitrogen and oxygen atoms in total. The number of halogens is 1. The summed E-state index contributed by atoms with van der Waals surface area (Å²) >= 11 is 5.84.